The van der Waals surface area contributed by atoms with Crippen molar-refractivity contribution in [2.75, 3.05) is 12.1 Å². The van der Waals surface area contributed by atoms with E-state index in [1.54, 1.807) is 18.5 Å². The Balaban J connectivity index is 1.59. The molecule has 2 N–H and O–H groups in total. The van der Waals surface area contributed by atoms with Crippen molar-refractivity contribution in [3.8, 4) is 5.75 Å². The van der Waals surface area contributed by atoms with Crippen molar-refractivity contribution in [2.24, 2.45) is 0 Å². The van der Waals surface area contributed by atoms with Gasteiger partial charge >= 0.3 is 5.01 Å². The van der Waals surface area contributed by atoms with Crippen LogP contribution < -0.4 is 10.3 Å². The normalized spacial score (nSPS) is 15.0. The van der Waals surface area contributed by atoms with Crippen LogP contribution in [0.25, 0.3) is 11.2 Å². The first-order valence-electron chi connectivity index (χ1n) is 7.51. The maximum atomic E-state index is 12.5. The van der Waals surface area contributed by atoms with E-state index in [9.17, 15) is 4.57 Å². The molecule has 0 saturated carbocycles. The molecule has 0 aliphatic rings. The highest BCUT2D eigenvalue weighted by molar-refractivity contribution is 14.2. The van der Waals surface area contributed by atoms with Crippen LogP contribution >= 0.6 is 27.1 Å². The van der Waals surface area contributed by atoms with Crippen LogP contribution in [0.4, 0.5) is 5.82 Å². The van der Waals surface area contributed by atoms with Gasteiger partial charge in [-0.3, -0.25) is 4.57 Å². The molecule has 1 aromatic carbocycles. The van der Waals surface area contributed by atoms with Gasteiger partial charge in [0.15, 0.2) is 11.5 Å². The summed E-state index contributed by atoms with van der Waals surface area (Å²) in [6.07, 6.45) is 2.83. The van der Waals surface area contributed by atoms with Crippen molar-refractivity contribution in [3.05, 3.63) is 43.0 Å². The second-order valence-electron chi connectivity index (χ2n) is 5.43. The number of anilines is 1. The van der Waals surface area contributed by atoms with Crippen molar-refractivity contribution in [3.63, 3.8) is 0 Å². The van der Waals surface area contributed by atoms with Gasteiger partial charge in [0.05, 0.1) is 19.0 Å². The molecular weight excluding hydrogens is 456 g/mol. The first kappa shape index (κ1) is 18.1. The van der Waals surface area contributed by atoms with Crippen molar-refractivity contribution in [2.45, 2.75) is 19.6 Å². The van der Waals surface area contributed by atoms with Gasteiger partial charge in [-0.25, -0.2) is 15.0 Å². The summed E-state index contributed by atoms with van der Waals surface area (Å²) in [5, 5.41) is -2.94. The summed E-state index contributed by atoms with van der Waals surface area (Å²) in [5.74, 6) is 0.898. The van der Waals surface area contributed by atoms with Crippen LogP contribution in [0.5, 0.6) is 5.75 Å². The fourth-order valence-corrected chi connectivity index (χ4v) is 4.33. The summed E-state index contributed by atoms with van der Waals surface area (Å²) in [5.41, 5.74) is 6.97. The van der Waals surface area contributed by atoms with Crippen molar-refractivity contribution >= 4 is 44.0 Å². The van der Waals surface area contributed by atoms with E-state index in [1.807, 2.05) is 51.7 Å². The molecule has 25 heavy (non-hydrogen) atoms. The molecule has 2 atom stereocenters. The molecule has 0 fully saturated rings. The van der Waals surface area contributed by atoms with Gasteiger partial charge in [-0.1, -0.05) is 18.2 Å². The maximum Gasteiger partial charge on any atom is 0.329 e. The van der Waals surface area contributed by atoms with E-state index in [2.05, 4.69) is 15.0 Å². The second-order valence-corrected chi connectivity index (χ2v) is 11.5. The quantitative estimate of drug-likeness (QED) is 0.414. The minimum Gasteiger partial charge on any atom is -0.435 e. The Hall–Kier alpha value is -1.71. The molecule has 2 heterocycles. The monoisotopic (exact) mass is 473 g/mol. The minimum atomic E-state index is -2.94. The molecule has 0 aliphatic heterocycles. The summed E-state index contributed by atoms with van der Waals surface area (Å²) in [7, 11) is 0. The van der Waals surface area contributed by atoms with Crippen molar-refractivity contribution in [1.82, 2.24) is 19.5 Å². The molecule has 1 unspecified atom stereocenters. The lowest BCUT2D eigenvalue weighted by Gasteiger charge is -2.18. The predicted octanol–water partition coefficient (Wildman–Crippen LogP) is 3.48. The summed E-state index contributed by atoms with van der Waals surface area (Å²) in [6, 6.07) is 9.04. The van der Waals surface area contributed by atoms with Gasteiger partial charge in [-0.15, -0.1) is 0 Å². The average Bonchev–Trinajstić information content (AvgIpc) is 2.98. The van der Waals surface area contributed by atoms with Crippen LogP contribution in [-0.2, 0) is 15.8 Å². The number of hydrogen-bond donors (Lipinski definition) is 1. The van der Waals surface area contributed by atoms with E-state index in [4.69, 9.17) is 15.0 Å². The number of nitrogen functional groups attached to an aromatic ring is 1. The van der Waals surface area contributed by atoms with E-state index < -0.39 is 5.01 Å². The van der Waals surface area contributed by atoms with Gasteiger partial charge in [0.25, 0.3) is 0 Å². The van der Waals surface area contributed by atoms with Gasteiger partial charge in [0.1, 0.15) is 23.9 Å². The summed E-state index contributed by atoms with van der Waals surface area (Å²) >= 11 is 1.81. The van der Waals surface area contributed by atoms with Gasteiger partial charge < -0.3 is 19.6 Å². The Morgan fingerprint density at radius 2 is 2.04 bits per heavy atom. The van der Waals surface area contributed by atoms with Crippen LogP contribution in [0, 0.1) is 0 Å². The number of nitrogens with two attached hydrogens (primary N) is 1. The summed E-state index contributed by atoms with van der Waals surface area (Å²) in [6.45, 7) is 2.38. The van der Waals surface area contributed by atoms with Gasteiger partial charge in [0.2, 0.25) is 0 Å². The lowest BCUT2D eigenvalue weighted by Crippen LogP contribution is -2.17. The van der Waals surface area contributed by atoms with Crippen LogP contribution in [0.15, 0.2) is 43.0 Å². The van der Waals surface area contributed by atoms with E-state index in [0.29, 0.717) is 29.3 Å². The van der Waals surface area contributed by atoms with Crippen molar-refractivity contribution < 1.29 is 13.8 Å². The number of imidazole rings is 1. The Labute approximate surface area is 157 Å². The Kier molecular flexibility index (Phi) is 5.55. The maximum absolute atomic E-state index is 12.5. The van der Waals surface area contributed by atoms with Crippen molar-refractivity contribution in [1.29, 1.82) is 0 Å². The number of rotatable bonds is 7. The lowest BCUT2D eigenvalue weighted by atomic mass is 10.3. The number of para-hydroxylation sites is 1. The zero-order valence-electron chi connectivity index (χ0n) is 13.4. The van der Waals surface area contributed by atoms with Gasteiger partial charge in [-0.05, 0) is 19.1 Å². The molecule has 132 valence electrons. The fraction of sp³-hybridized carbons (Fsp3) is 0.267. The topological polar surface area (TPSA) is 105 Å². The Morgan fingerprint density at radius 1 is 1.28 bits per heavy atom. The molecule has 0 radical (unpaired) electrons. The van der Waals surface area contributed by atoms with Crippen LogP contribution in [-0.4, -0.2) is 32.0 Å². The highest BCUT2D eigenvalue weighted by Gasteiger charge is 2.22. The number of aromatic nitrogens is 4. The van der Waals surface area contributed by atoms with E-state index in [0.717, 1.165) is 0 Å². The zero-order valence-corrected chi connectivity index (χ0v) is 16.5. The first-order valence-corrected chi connectivity index (χ1v) is 12.1. The highest BCUT2D eigenvalue weighted by atomic mass is 127. The fourth-order valence-electron chi connectivity index (χ4n) is 2.24. The number of benzene rings is 1. The highest BCUT2D eigenvalue weighted by Crippen LogP contribution is 2.55. The van der Waals surface area contributed by atoms with Crippen LogP contribution in [0.1, 0.15) is 6.92 Å². The third-order valence-corrected chi connectivity index (χ3v) is 5.75. The second kappa shape index (κ2) is 7.67. The largest absolute Gasteiger partial charge is 0.435 e. The number of ether oxygens (including phenoxy) is 1. The minimum absolute atomic E-state index is 0.00732. The Morgan fingerprint density at radius 3 is 2.80 bits per heavy atom. The molecule has 8 nitrogen and oxygen atoms in total. The molecule has 0 bridgehead atoms. The molecule has 10 heteroatoms. The van der Waals surface area contributed by atoms with Crippen LogP contribution in [0.3, 0.4) is 0 Å². The van der Waals surface area contributed by atoms with Gasteiger partial charge in [-0.2, -0.15) is 0 Å². The Bertz CT molecular complexity index is 905. The molecule has 0 amide bonds. The smallest absolute Gasteiger partial charge is 0.329 e. The number of hydrogen-bond acceptors (Lipinski definition) is 7. The number of fused-ring (bicyclic) bond motifs is 1. The zero-order chi connectivity index (χ0) is 17.9. The molecule has 3 aromatic rings. The molecular formula is C15H17IN5O3P. The first-order chi connectivity index (χ1) is 11.9. The van der Waals surface area contributed by atoms with E-state index >= 15 is 0 Å². The van der Waals surface area contributed by atoms with E-state index in [-0.39, 0.29) is 12.5 Å². The molecule has 3 rings (SSSR count). The third-order valence-electron chi connectivity index (χ3n) is 3.38. The standard InChI is InChI=1S/C15H17IN5O3P/c1-11(7-21-9-20-13-14(17)18-8-19-15(13)21)23-10-25(16,22)24-12-5-3-2-4-6-12/h2-6,8-9,11H,7,10H2,1H3,(H2,17,18,19)/t11-,25?/m1/s1. The third kappa shape index (κ3) is 4.68. The SMILES string of the molecule is C[C@H](Cn1cnc2c(N)ncnc21)OCP(=O)(I)Oc1ccccc1. The molecule has 0 saturated heterocycles. The average molecular weight is 473 g/mol. The van der Waals surface area contributed by atoms with Gasteiger partial charge in [0, 0.05) is 22.0 Å². The summed E-state index contributed by atoms with van der Waals surface area (Å²) in [4.78, 5) is 12.3. The molecule has 2 aromatic heterocycles. The number of halogens is 1. The molecule has 0 spiro atoms. The lowest BCUT2D eigenvalue weighted by molar-refractivity contribution is 0.0849. The molecule has 0 aliphatic carbocycles. The predicted molar refractivity (Wildman–Crippen MR) is 104 cm³/mol. The number of nitrogens with zero attached hydrogens (tertiary/aromatic N) is 4. The van der Waals surface area contributed by atoms with E-state index in [1.165, 1.54) is 6.33 Å². The van der Waals surface area contributed by atoms with Crippen LogP contribution in [0.2, 0.25) is 0 Å². The summed E-state index contributed by atoms with van der Waals surface area (Å²) < 4.78 is 25.6.